The zero-order valence-electron chi connectivity index (χ0n) is 19.6. The predicted molar refractivity (Wildman–Crippen MR) is 128 cm³/mol. The Bertz CT molecular complexity index is 1540. The summed E-state index contributed by atoms with van der Waals surface area (Å²) in [7, 11) is -4.55. The molecule has 3 aromatic rings. The average Bonchev–Trinajstić information content (AvgIpc) is 2.84. The van der Waals surface area contributed by atoms with Crippen LogP contribution >= 0.6 is 11.6 Å². The first kappa shape index (κ1) is 28.8. The van der Waals surface area contributed by atoms with Gasteiger partial charge in [0.05, 0.1) is 33.2 Å². The lowest BCUT2D eigenvalue weighted by Crippen LogP contribution is -2.37. The zero-order chi connectivity index (χ0) is 28.8. The number of sulfonamides is 1. The summed E-state index contributed by atoms with van der Waals surface area (Å²) in [5.74, 6) is -2.25. The van der Waals surface area contributed by atoms with Crippen molar-refractivity contribution < 1.29 is 43.9 Å². The van der Waals surface area contributed by atoms with Gasteiger partial charge in [-0.1, -0.05) is 35.9 Å². The van der Waals surface area contributed by atoms with E-state index in [1.54, 1.807) is 0 Å². The molecular weight excluding hydrogens is 577 g/mol. The third-order valence-electron chi connectivity index (χ3n) is 6.10. The van der Waals surface area contributed by atoms with E-state index in [0.717, 1.165) is 22.5 Å². The van der Waals surface area contributed by atoms with Crippen LogP contribution in [0.25, 0.3) is 0 Å². The minimum Gasteiger partial charge on any atom is -0.324 e. The van der Waals surface area contributed by atoms with E-state index in [4.69, 9.17) is 11.6 Å². The molecule has 5 nitrogen and oxygen atoms in total. The highest BCUT2D eigenvalue weighted by atomic mass is 35.5. The number of alkyl halides is 6. The van der Waals surface area contributed by atoms with Gasteiger partial charge < -0.3 is 5.32 Å². The number of carbonyl (C=O) groups excluding carboxylic acids is 1. The lowest BCUT2D eigenvalue weighted by atomic mass is 9.98. The van der Waals surface area contributed by atoms with E-state index in [2.05, 4.69) is 5.32 Å². The van der Waals surface area contributed by atoms with E-state index < -0.39 is 56.5 Å². The predicted octanol–water partition coefficient (Wildman–Crippen LogP) is 6.44. The number of rotatable bonds is 5. The number of fused-ring (bicyclic) bond motifs is 1. The summed E-state index contributed by atoms with van der Waals surface area (Å²) in [5, 5.41) is 2.62. The Balaban J connectivity index is 1.56. The minimum atomic E-state index is -4.89. The van der Waals surface area contributed by atoms with Crippen LogP contribution in [0.1, 0.15) is 27.8 Å². The molecule has 0 bridgehead atoms. The second kappa shape index (κ2) is 10.4. The van der Waals surface area contributed by atoms with E-state index in [9.17, 15) is 43.9 Å². The number of nitrogens with zero attached hydrogens (tertiary/aromatic N) is 1. The Kier molecular flexibility index (Phi) is 7.71. The monoisotopic (exact) mass is 594 g/mol. The van der Waals surface area contributed by atoms with Gasteiger partial charge in [0.15, 0.2) is 0 Å². The fourth-order valence-electron chi connectivity index (χ4n) is 4.27. The van der Waals surface area contributed by atoms with Gasteiger partial charge in [-0.2, -0.15) is 30.6 Å². The molecule has 4 rings (SSSR count). The molecule has 0 saturated heterocycles. The molecule has 1 N–H and O–H groups in total. The van der Waals surface area contributed by atoms with E-state index >= 15 is 0 Å². The molecule has 39 heavy (non-hydrogen) atoms. The first-order valence-electron chi connectivity index (χ1n) is 11.2. The molecule has 0 unspecified atom stereocenters. The van der Waals surface area contributed by atoms with Crippen molar-refractivity contribution in [3.8, 4) is 0 Å². The molecule has 208 valence electrons. The summed E-state index contributed by atoms with van der Waals surface area (Å²) in [6.45, 7) is -0.511. The van der Waals surface area contributed by atoms with Crippen molar-refractivity contribution in [2.45, 2.75) is 36.6 Å². The van der Waals surface area contributed by atoms with E-state index in [-0.39, 0.29) is 35.8 Å². The molecular formula is C25H18ClF7N2O3S. The fourth-order valence-corrected chi connectivity index (χ4v) is 6.13. The van der Waals surface area contributed by atoms with Gasteiger partial charge in [0, 0.05) is 13.1 Å². The van der Waals surface area contributed by atoms with Crippen molar-refractivity contribution in [2.24, 2.45) is 0 Å². The molecule has 3 aromatic carbocycles. The maximum atomic E-state index is 13.9. The molecule has 1 aliphatic rings. The topological polar surface area (TPSA) is 66.5 Å². The smallest absolute Gasteiger partial charge is 0.324 e. The second-order valence-corrected chi connectivity index (χ2v) is 11.0. The van der Waals surface area contributed by atoms with E-state index in [0.29, 0.717) is 29.3 Å². The number of nitrogens with one attached hydrogen (secondary N) is 1. The van der Waals surface area contributed by atoms with Crippen LogP contribution in [-0.2, 0) is 46.6 Å². The summed E-state index contributed by atoms with van der Waals surface area (Å²) < 4.78 is 120. The fraction of sp³-hybridized carbons (Fsp3) is 0.240. The van der Waals surface area contributed by atoms with Crippen LogP contribution in [-0.4, -0.2) is 25.2 Å². The van der Waals surface area contributed by atoms with Gasteiger partial charge >= 0.3 is 12.4 Å². The summed E-state index contributed by atoms with van der Waals surface area (Å²) >= 11 is 6.24. The highest BCUT2D eigenvalue weighted by Gasteiger charge is 2.40. The van der Waals surface area contributed by atoms with Crippen molar-refractivity contribution in [3.63, 3.8) is 0 Å². The molecule has 14 heteroatoms. The van der Waals surface area contributed by atoms with Crippen molar-refractivity contribution in [1.82, 2.24) is 4.31 Å². The Morgan fingerprint density at radius 3 is 2.26 bits per heavy atom. The first-order valence-corrected chi connectivity index (χ1v) is 13.0. The average molecular weight is 595 g/mol. The number of amides is 1. The van der Waals surface area contributed by atoms with Crippen molar-refractivity contribution in [1.29, 1.82) is 0 Å². The van der Waals surface area contributed by atoms with Crippen molar-refractivity contribution in [2.75, 3.05) is 11.9 Å². The minimum absolute atomic E-state index is 0.00612. The molecule has 0 aromatic heterocycles. The van der Waals surface area contributed by atoms with Crippen LogP contribution in [0.2, 0.25) is 5.02 Å². The van der Waals surface area contributed by atoms with Crippen LogP contribution in [0, 0.1) is 5.82 Å². The molecule has 0 fully saturated rings. The SMILES string of the molecule is O=C(Cc1ccc(C(F)(F)F)c(F)c1)Nc1c(Cl)ccc2c1CCN(S(=O)(=O)c1ccccc1C(F)(F)F)C2. The zero-order valence-corrected chi connectivity index (χ0v) is 21.2. The van der Waals surface area contributed by atoms with Gasteiger partial charge in [-0.15, -0.1) is 0 Å². The number of carbonyl (C=O) groups is 1. The highest BCUT2D eigenvalue weighted by Crippen LogP contribution is 2.38. The first-order chi connectivity index (χ1) is 18.1. The standard InChI is InChI=1S/C25H18ClF7N2O3S/c26-19-8-6-15-13-35(39(37,38)21-4-2-1-3-18(21)25(31,32)33)10-9-16(15)23(19)34-22(36)12-14-5-7-17(20(27)11-14)24(28,29)30/h1-8,11H,9-10,12-13H2,(H,34,36). The molecule has 0 aliphatic carbocycles. The molecule has 1 aliphatic heterocycles. The number of hydrogen-bond acceptors (Lipinski definition) is 3. The van der Waals surface area contributed by atoms with Crippen LogP contribution in [0.15, 0.2) is 59.5 Å². The third kappa shape index (κ3) is 6.04. The van der Waals surface area contributed by atoms with Gasteiger partial charge in [0.2, 0.25) is 15.9 Å². The Morgan fingerprint density at radius 2 is 1.62 bits per heavy atom. The maximum absolute atomic E-state index is 13.9. The second-order valence-electron chi connectivity index (χ2n) is 8.68. The third-order valence-corrected chi connectivity index (χ3v) is 8.31. The molecule has 0 radical (unpaired) electrons. The van der Waals surface area contributed by atoms with Gasteiger partial charge in [-0.25, -0.2) is 12.8 Å². The number of hydrogen-bond donors (Lipinski definition) is 1. The molecule has 0 atom stereocenters. The highest BCUT2D eigenvalue weighted by molar-refractivity contribution is 7.89. The van der Waals surface area contributed by atoms with Gasteiger partial charge in [0.25, 0.3) is 0 Å². The number of benzene rings is 3. The summed E-state index contributed by atoms with van der Waals surface area (Å²) in [6, 6.07) is 8.79. The van der Waals surface area contributed by atoms with Gasteiger partial charge in [-0.3, -0.25) is 4.79 Å². The summed E-state index contributed by atoms with van der Waals surface area (Å²) in [6.07, 6.45) is -10.3. The van der Waals surface area contributed by atoms with Crippen LogP contribution in [0.4, 0.5) is 36.4 Å². The lowest BCUT2D eigenvalue weighted by molar-refractivity contribution is -0.140. The summed E-state index contributed by atoms with van der Waals surface area (Å²) in [5.41, 5.74) is -1.83. The van der Waals surface area contributed by atoms with E-state index in [1.807, 2.05) is 0 Å². The quantitative estimate of drug-likeness (QED) is 0.346. The normalized spacial score (nSPS) is 14.7. The van der Waals surface area contributed by atoms with Crippen LogP contribution in [0.3, 0.4) is 0 Å². The van der Waals surface area contributed by atoms with Crippen molar-refractivity contribution in [3.05, 3.63) is 93.3 Å². The van der Waals surface area contributed by atoms with Crippen LogP contribution < -0.4 is 5.32 Å². The largest absolute Gasteiger partial charge is 0.419 e. The summed E-state index contributed by atoms with van der Waals surface area (Å²) in [4.78, 5) is 11.7. The Hall–Kier alpha value is -3.16. The van der Waals surface area contributed by atoms with Crippen molar-refractivity contribution >= 4 is 33.2 Å². The van der Waals surface area contributed by atoms with Gasteiger partial charge in [-0.05, 0) is 53.4 Å². The van der Waals surface area contributed by atoms with Gasteiger partial charge in [0.1, 0.15) is 5.82 Å². The lowest BCUT2D eigenvalue weighted by Gasteiger charge is -2.30. The number of halogens is 8. The maximum Gasteiger partial charge on any atom is 0.419 e. The van der Waals surface area contributed by atoms with E-state index in [1.165, 1.54) is 18.2 Å². The van der Waals surface area contributed by atoms with Crippen LogP contribution in [0.5, 0.6) is 0 Å². The molecule has 1 amide bonds. The Morgan fingerprint density at radius 1 is 0.949 bits per heavy atom. The molecule has 0 saturated carbocycles. The number of anilines is 1. The Labute approximate surface area is 223 Å². The molecule has 1 heterocycles. The molecule has 0 spiro atoms.